The van der Waals surface area contributed by atoms with Crippen molar-refractivity contribution in [2.24, 2.45) is 5.92 Å². The van der Waals surface area contributed by atoms with Crippen LogP contribution in [0.4, 0.5) is 5.69 Å². The molecule has 1 unspecified atom stereocenters. The van der Waals surface area contributed by atoms with E-state index in [0.717, 1.165) is 24.5 Å². The maximum absolute atomic E-state index is 5.06. The Kier molecular flexibility index (Phi) is 4.40. The van der Waals surface area contributed by atoms with Crippen molar-refractivity contribution >= 4 is 5.69 Å². The van der Waals surface area contributed by atoms with Crippen molar-refractivity contribution in [1.29, 1.82) is 0 Å². The van der Waals surface area contributed by atoms with E-state index in [-0.39, 0.29) is 0 Å². The number of rotatable bonds is 5. The molecular weight excluding hydrogens is 176 g/mol. The summed E-state index contributed by atoms with van der Waals surface area (Å²) < 4.78 is 5.06. The standard InChI is InChI=1S/C11H18N2O/c1-9(8-14-3)6-13-11-5-4-10(2)12-7-11/h4-5,7,9,13H,6,8H2,1-3H3. The number of aromatic nitrogens is 1. The zero-order valence-corrected chi connectivity index (χ0v) is 9.08. The molecule has 3 nitrogen and oxygen atoms in total. The average molecular weight is 194 g/mol. The molecule has 1 aromatic heterocycles. The number of hydrogen-bond donors (Lipinski definition) is 1. The van der Waals surface area contributed by atoms with Gasteiger partial charge in [-0.2, -0.15) is 0 Å². The molecule has 1 heterocycles. The molecule has 1 rings (SSSR count). The summed E-state index contributed by atoms with van der Waals surface area (Å²) in [6, 6.07) is 4.05. The van der Waals surface area contributed by atoms with Crippen molar-refractivity contribution in [3.05, 3.63) is 24.0 Å². The van der Waals surface area contributed by atoms with Crippen molar-refractivity contribution in [3.8, 4) is 0 Å². The third-order valence-corrected chi connectivity index (χ3v) is 2.02. The van der Waals surface area contributed by atoms with Gasteiger partial charge in [0.2, 0.25) is 0 Å². The van der Waals surface area contributed by atoms with Gasteiger partial charge in [0.25, 0.3) is 0 Å². The van der Waals surface area contributed by atoms with Crippen LogP contribution in [0.5, 0.6) is 0 Å². The Labute approximate surface area is 85.5 Å². The Morgan fingerprint density at radius 1 is 1.50 bits per heavy atom. The van der Waals surface area contributed by atoms with Gasteiger partial charge in [0, 0.05) is 19.3 Å². The molecule has 0 saturated carbocycles. The number of nitrogens with one attached hydrogen (secondary N) is 1. The molecule has 0 saturated heterocycles. The highest BCUT2D eigenvalue weighted by atomic mass is 16.5. The summed E-state index contributed by atoms with van der Waals surface area (Å²) in [6.07, 6.45) is 1.86. The maximum Gasteiger partial charge on any atom is 0.0527 e. The SMILES string of the molecule is COCC(C)CNc1ccc(C)nc1. The van der Waals surface area contributed by atoms with Gasteiger partial charge in [-0.1, -0.05) is 6.92 Å². The van der Waals surface area contributed by atoms with Gasteiger partial charge in [-0.15, -0.1) is 0 Å². The zero-order valence-electron chi connectivity index (χ0n) is 9.08. The lowest BCUT2D eigenvalue weighted by Crippen LogP contribution is -2.15. The highest BCUT2D eigenvalue weighted by Gasteiger charge is 2.00. The Balaban J connectivity index is 2.34. The molecule has 0 bridgehead atoms. The van der Waals surface area contributed by atoms with Gasteiger partial charge in [0.05, 0.1) is 18.5 Å². The normalized spacial score (nSPS) is 12.5. The molecule has 0 spiro atoms. The summed E-state index contributed by atoms with van der Waals surface area (Å²) >= 11 is 0. The van der Waals surface area contributed by atoms with Crippen LogP contribution in [0.1, 0.15) is 12.6 Å². The maximum atomic E-state index is 5.06. The van der Waals surface area contributed by atoms with E-state index in [1.807, 2.05) is 25.3 Å². The molecule has 0 radical (unpaired) electrons. The number of pyridine rings is 1. The quantitative estimate of drug-likeness (QED) is 0.779. The van der Waals surface area contributed by atoms with Crippen molar-refractivity contribution in [2.75, 3.05) is 25.6 Å². The summed E-state index contributed by atoms with van der Waals surface area (Å²) in [4.78, 5) is 4.21. The first kappa shape index (κ1) is 11.0. The van der Waals surface area contributed by atoms with Crippen LogP contribution in [0.25, 0.3) is 0 Å². The van der Waals surface area contributed by atoms with Crippen LogP contribution in [0.15, 0.2) is 18.3 Å². The van der Waals surface area contributed by atoms with Crippen LogP contribution in [-0.4, -0.2) is 25.2 Å². The summed E-state index contributed by atoms with van der Waals surface area (Å²) in [7, 11) is 1.73. The Morgan fingerprint density at radius 2 is 2.29 bits per heavy atom. The van der Waals surface area contributed by atoms with Crippen LogP contribution in [0.3, 0.4) is 0 Å². The molecule has 0 aliphatic carbocycles. The fraction of sp³-hybridized carbons (Fsp3) is 0.545. The average Bonchev–Trinajstić information content (AvgIpc) is 2.17. The number of aryl methyl sites for hydroxylation is 1. The molecule has 0 aliphatic rings. The molecule has 1 aromatic rings. The van der Waals surface area contributed by atoms with E-state index in [1.54, 1.807) is 7.11 Å². The smallest absolute Gasteiger partial charge is 0.0527 e. The predicted molar refractivity (Wildman–Crippen MR) is 58.5 cm³/mol. The third kappa shape index (κ3) is 3.75. The Morgan fingerprint density at radius 3 is 2.86 bits per heavy atom. The number of methoxy groups -OCH3 is 1. The van der Waals surface area contributed by atoms with Gasteiger partial charge in [-0.25, -0.2) is 0 Å². The minimum atomic E-state index is 0.515. The van der Waals surface area contributed by atoms with Crippen LogP contribution < -0.4 is 5.32 Å². The van der Waals surface area contributed by atoms with E-state index < -0.39 is 0 Å². The van der Waals surface area contributed by atoms with Crippen LogP contribution in [0, 0.1) is 12.8 Å². The van der Waals surface area contributed by atoms with Crippen molar-refractivity contribution in [3.63, 3.8) is 0 Å². The Bertz CT molecular complexity index is 258. The number of anilines is 1. The van der Waals surface area contributed by atoms with Crippen LogP contribution in [0.2, 0.25) is 0 Å². The van der Waals surface area contributed by atoms with Gasteiger partial charge in [0.15, 0.2) is 0 Å². The van der Waals surface area contributed by atoms with Crippen LogP contribution >= 0.6 is 0 Å². The van der Waals surface area contributed by atoms with E-state index in [2.05, 4.69) is 17.2 Å². The summed E-state index contributed by atoms with van der Waals surface area (Å²) in [5, 5.41) is 3.31. The molecule has 1 atom stereocenters. The summed E-state index contributed by atoms with van der Waals surface area (Å²) in [5.74, 6) is 0.515. The molecule has 0 aliphatic heterocycles. The van der Waals surface area contributed by atoms with E-state index in [1.165, 1.54) is 0 Å². The first-order chi connectivity index (χ1) is 6.72. The van der Waals surface area contributed by atoms with Gasteiger partial charge < -0.3 is 10.1 Å². The number of hydrogen-bond acceptors (Lipinski definition) is 3. The highest BCUT2D eigenvalue weighted by Crippen LogP contribution is 2.06. The Hall–Kier alpha value is -1.09. The number of nitrogens with zero attached hydrogens (tertiary/aromatic N) is 1. The van der Waals surface area contributed by atoms with E-state index in [4.69, 9.17) is 4.74 Å². The second-order valence-corrected chi connectivity index (χ2v) is 3.63. The lowest BCUT2D eigenvalue weighted by molar-refractivity contribution is 0.164. The minimum Gasteiger partial charge on any atom is -0.384 e. The first-order valence-corrected chi connectivity index (χ1v) is 4.88. The van der Waals surface area contributed by atoms with E-state index in [9.17, 15) is 0 Å². The molecule has 78 valence electrons. The zero-order chi connectivity index (χ0) is 10.4. The minimum absolute atomic E-state index is 0.515. The second kappa shape index (κ2) is 5.60. The van der Waals surface area contributed by atoms with Crippen molar-refractivity contribution < 1.29 is 4.74 Å². The highest BCUT2D eigenvalue weighted by molar-refractivity contribution is 5.40. The van der Waals surface area contributed by atoms with Crippen molar-refractivity contribution in [1.82, 2.24) is 4.98 Å². The lowest BCUT2D eigenvalue weighted by atomic mass is 10.2. The van der Waals surface area contributed by atoms with Crippen LogP contribution in [-0.2, 0) is 4.74 Å². The molecule has 0 amide bonds. The molecule has 3 heteroatoms. The predicted octanol–water partition coefficient (Wildman–Crippen LogP) is 2.08. The fourth-order valence-corrected chi connectivity index (χ4v) is 1.21. The molecular formula is C11H18N2O. The fourth-order valence-electron chi connectivity index (χ4n) is 1.21. The summed E-state index contributed by atoms with van der Waals surface area (Å²) in [6.45, 7) is 5.83. The molecule has 0 fully saturated rings. The lowest BCUT2D eigenvalue weighted by Gasteiger charge is -2.12. The molecule has 14 heavy (non-hydrogen) atoms. The summed E-state index contributed by atoms with van der Waals surface area (Å²) in [5.41, 5.74) is 2.11. The van der Waals surface area contributed by atoms with Gasteiger partial charge in [-0.3, -0.25) is 4.98 Å². The van der Waals surface area contributed by atoms with Crippen molar-refractivity contribution in [2.45, 2.75) is 13.8 Å². The largest absolute Gasteiger partial charge is 0.384 e. The van der Waals surface area contributed by atoms with E-state index in [0.29, 0.717) is 5.92 Å². The monoisotopic (exact) mass is 194 g/mol. The third-order valence-electron chi connectivity index (χ3n) is 2.02. The van der Waals surface area contributed by atoms with Gasteiger partial charge in [0.1, 0.15) is 0 Å². The second-order valence-electron chi connectivity index (χ2n) is 3.63. The first-order valence-electron chi connectivity index (χ1n) is 4.88. The molecule has 1 N–H and O–H groups in total. The topological polar surface area (TPSA) is 34.1 Å². The molecule has 0 aromatic carbocycles. The van der Waals surface area contributed by atoms with Gasteiger partial charge >= 0.3 is 0 Å². The van der Waals surface area contributed by atoms with Gasteiger partial charge in [-0.05, 0) is 25.0 Å². The van der Waals surface area contributed by atoms with E-state index >= 15 is 0 Å². The number of ether oxygens (including phenoxy) is 1.